The van der Waals surface area contributed by atoms with Crippen molar-refractivity contribution in [3.63, 3.8) is 0 Å². The molecule has 0 saturated carbocycles. The fourth-order valence-corrected chi connectivity index (χ4v) is 2.99. The van der Waals surface area contributed by atoms with E-state index < -0.39 is 0 Å². The molecule has 2 N–H and O–H groups in total. The van der Waals surface area contributed by atoms with Gasteiger partial charge in [0.1, 0.15) is 6.04 Å². The molecule has 1 aromatic carbocycles. The third kappa shape index (κ3) is 2.76. The first-order valence-electron chi connectivity index (χ1n) is 6.72. The summed E-state index contributed by atoms with van der Waals surface area (Å²) in [6, 6.07) is 4.66. The third-order valence-electron chi connectivity index (χ3n) is 3.76. The van der Waals surface area contributed by atoms with Crippen molar-refractivity contribution >= 4 is 0 Å². The Hall–Kier alpha value is -1.48. The molecule has 1 atom stereocenters. The van der Waals surface area contributed by atoms with Crippen molar-refractivity contribution in [2.24, 2.45) is 0 Å². The molecule has 0 aliphatic carbocycles. The zero-order valence-electron chi connectivity index (χ0n) is 12.3. The first-order valence-corrected chi connectivity index (χ1v) is 6.72. The van der Waals surface area contributed by atoms with Crippen LogP contribution < -0.4 is 14.8 Å². The molecule has 0 fully saturated rings. The molecule has 0 aromatic heterocycles. The number of methoxy groups -OCH3 is 2. The van der Waals surface area contributed by atoms with Crippen LogP contribution in [0.1, 0.15) is 37.4 Å². The topological polar surface area (TPSA) is 35.1 Å². The molecule has 1 aromatic rings. The van der Waals surface area contributed by atoms with Gasteiger partial charge in [-0.25, -0.2) is 0 Å². The molecule has 3 heteroatoms. The van der Waals surface area contributed by atoms with E-state index in [-0.39, 0.29) is 5.54 Å². The summed E-state index contributed by atoms with van der Waals surface area (Å²) in [5.74, 6) is 1.62. The monoisotopic (exact) mass is 262 g/mol. The predicted molar refractivity (Wildman–Crippen MR) is 76.8 cm³/mol. The summed E-state index contributed by atoms with van der Waals surface area (Å²) in [5.41, 5.74) is 2.91. The largest absolute Gasteiger partial charge is 0.493 e. The predicted octanol–water partition coefficient (Wildman–Crippen LogP) is 2.22. The molecule has 0 unspecified atom stereocenters. The highest BCUT2D eigenvalue weighted by molar-refractivity contribution is 5.49. The molecule has 1 heterocycles. The minimum atomic E-state index is 0.209. The lowest BCUT2D eigenvalue weighted by Crippen LogP contribution is -2.97. The molecule has 0 radical (unpaired) electrons. The van der Waals surface area contributed by atoms with Gasteiger partial charge in [0.2, 0.25) is 0 Å². The van der Waals surface area contributed by atoms with Crippen molar-refractivity contribution in [2.75, 3.05) is 14.2 Å². The molecule has 19 heavy (non-hydrogen) atoms. The molecule has 1 aliphatic rings. The van der Waals surface area contributed by atoms with Crippen LogP contribution in [0.4, 0.5) is 0 Å². The maximum Gasteiger partial charge on any atom is 0.161 e. The van der Waals surface area contributed by atoms with Gasteiger partial charge in [0.05, 0.1) is 19.8 Å². The minimum absolute atomic E-state index is 0.209. The van der Waals surface area contributed by atoms with Gasteiger partial charge in [0, 0.05) is 18.4 Å². The number of rotatable bonds is 4. The van der Waals surface area contributed by atoms with Crippen LogP contribution in [-0.2, 0) is 6.42 Å². The van der Waals surface area contributed by atoms with E-state index in [0.717, 1.165) is 24.3 Å². The molecule has 104 valence electrons. The van der Waals surface area contributed by atoms with E-state index >= 15 is 0 Å². The minimum Gasteiger partial charge on any atom is -0.493 e. The second-order valence-corrected chi connectivity index (χ2v) is 5.87. The average molecular weight is 262 g/mol. The summed E-state index contributed by atoms with van der Waals surface area (Å²) >= 11 is 0. The summed E-state index contributed by atoms with van der Waals surface area (Å²) in [6.07, 6.45) is 3.99. The van der Waals surface area contributed by atoms with Gasteiger partial charge in [-0.2, -0.15) is 0 Å². The van der Waals surface area contributed by atoms with Crippen LogP contribution in [0.2, 0.25) is 0 Å². The van der Waals surface area contributed by atoms with Crippen LogP contribution >= 0.6 is 0 Å². The van der Waals surface area contributed by atoms with E-state index in [0.29, 0.717) is 6.04 Å². The Morgan fingerprint density at radius 1 is 1.32 bits per heavy atom. The van der Waals surface area contributed by atoms with Crippen LogP contribution in [0, 0.1) is 0 Å². The summed E-state index contributed by atoms with van der Waals surface area (Å²) < 4.78 is 10.8. The molecule has 0 bridgehead atoms. The molecule has 0 amide bonds. The number of benzene rings is 1. The highest BCUT2D eigenvalue weighted by Crippen LogP contribution is 2.36. The summed E-state index contributed by atoms with van der Waals surface area (Å²) in [4.78, 5) is 0. The molecule has 1 aliphatic heterocycles. The molecular formula is C16H24NO2+. The number of hydrogen-bond acceptors (Lipinski definition) is 2. The first-order chi connectivity index (χ1) is 9.00. The first kappa shape index (κ1) is 13.9. The van der Waals surface area contributed by atoms with Gasteiger partial charge in [-0.1, -0.05) is 6.08 Å². The average Bonchev–Trinajstić information content (AvgIpc) is 2.36. The SMILES string of the molecule is C=CC[C@@H]1[NH2+]C(C)(C)Cc2cc(OC)c(OC)cc21. The number of fused-ring (bicyclic) bond motifs is 1. The lowest BCUT2D eigenvalue weighted by Gasteiger charge is -2.35. The number of quaternary nitrogens is 1. The highest BCUT2D eigenvalue weighted by Gasteiger charge is 2.35. The molecular weight excluding hydrogens is 238 g/mol. The summed E-state index contributed by atoms with van der Waals surface area (Å²) in [5, 5.41) is 2.43. The Labute approximate surface area is 115 Å². The van der Waals surface area contributed by atoms with Gasteiger partial charge >= 0.3 is 0 Å². The van der Waals surface area contributed by atoms with E-state index in [4.69, 9.17) is 9.47 Å². The van der Waals surface area contributed by atoms with Crippen molar-refractivity contribution < 1.29 is 14.8 Å². The van der Waals surface area contributed by atoms with E-state index in [9.17, 15) is 0 Å². The number of ether oxygens (including phenoxy) is 2. The Kier molecular flexibility index (Phi) is 3.85. The lowest BCUT2D eigenvalue weighted by molar-refractivity contribution is -0.760. The zero-order valence-corrected chi connectivity index (χ0v) is 12.3. The Morgan fingerprint density at radius 2 is 1.95 bits per heavy atom. The summed E-state index contributed by atoms with van der Waals surface area (Å²) in [6.45, 7) is 8.44. The Morgan fingerprint density at radius 3 is 2.53 bits per heavy atom. The quantitative estimate of drug-likeness (QED) is 0.844. The molecule has 0 spiro atoms. The summed E-state index contributed by atoms with van der Waals surface area (Å²) in [7, 11) is 3.37. The second kappa shape index (κ2) is 5.25. The van der Waals surface area contributed by atoms with Crippen molar-refractivity contribution in [1.82, 2.24) is 0 Å². The fourth-order valence-electron chi connectivity index (χ4n) is 2.99. The van der Waals surface area contributed by atoms with Gasteiger partial charge < -0.3 is 14.8 Å². The van der Waals surface area contributed by atoms with Crippen molar-refractivity contribution in [2.45, 2.75) is 38.3 Å². The highest BCUT2D eigenvalue weighted by atomic mass is 16.5. The maximum atomic E-state index is 5.42. The molecule has 0 saturated heterocycles. The van der Waals surface area contributed by atoms with Crippen molar-refractivity contribution in [3.05, 3.63) is 35.9 Å². The number of nitrogens with two attached hydrogens (primary N) is 1. The van der Waals surface area contributed by atoms with E-state index in [2.05, 4.69) is 37.9 Å². The fraction of sp³-hybridized carbons (Fsp3) is 0.500. The lowest BCUT2D eigenvalue weighted by atomic mass is 9.82. The normalized spacial score (nSPS) is 20.5. The van der Waals surface area contributed by atoms with Gasteiger partial charge in [0.25, 0.3) is 0 Å². The van der Waals surface area contributed by atoms with Crippen molar-refractivity contribution in [3.8, 4) is 11.5 Å². The van der Waals surface area contributed by atoms with Crippen LogP contribution in [0.5, 0.6) is 11.5 Å². The van der Waals surface area contributed by atoms with Gasteiger partial charge in [-0.3, -0.25) is 0 Å². The number of hydrogen-bond donors (Lipinski definition) is 1. The van der Waals surface area contributed by atoms with Crippen LogP contribution in [0.25, 0.3) is 0 Å². The molecule has 2 rings (SSSR count). The van der Waals surface area contributed by atoms with Crippen LogP contribution in [0.15, 0.2) is 24.8 Å². The Balaban J connectivity index is 2.50. The zero-order chi connectivity index (χ0) is 14.0. The smallest absolute Gasteiger partial charge is 0.161 e. The van der Waals surface area contributed by atoms with E-state index in [1.165, 1.54) is 11.1 Å². The molecule has 3 nitrogen and oxygen atoms in total. The van der Waals surface area contributed by atoms with E-state index in [1.54, 1.807) is 14.2 Å². The van der Waals surface area contributed by atoms with Gasteiger partial charge in [0.15, 0.2) is 11.5 Å². The van der Waals surface area contributed by atoms with E-state index in [1.807, 2.05) is 6.08 Å². The Bertz CT molecular complexity index is 480. The van der Waals surface area contributed by atoms with Crippen molar-refractivity contribution in [1.29, 1.82) is 0 Å². The van der Waals surface area contributed by atoms with Crippen LogP contribution in [0.3, 0.4) is 0 Å². The van der Waals surface area contributed by atoms with Gasteiger partial charge in [-0.15, -0.1) is 6.58 Å². The van der Waals surface area contributed by atoms with Crippen LogP contribution in [-0.4, -0.2) is 19.8 Å². The standard InChI is InChI=1S/C16H23NO2/c1-6-7-13-12-9-15(19-5)14(18-4)8-11(12)10-16(2,3)17-13/h6,8-9,13,17H,1,7,10H2,2-5H3/p+1/t13-/m0/s1. The second-order valence-electron chi connectivity index (χ2n) is 5.87. The maximum absolute atomic E-state index is 5.42. The van der Waals surface area contributed by atoms with Gasteiger partial charge in [-0.05, 0) is 31.5 Å². The third-order valence-corrected chi connectivity index (χ3v) is 3.76.